The molecule has 8 nitrogen and oxygen atoms in total. The molecule has 214 valence electrons. The number of thioether (sulfide) groups is 1. The fourth-order valence-corrected chi connectivity index (χ4v) is 10.3. The Morgan fingerprint density at radius 2 is 1.80 bits per heavy atom. The first-order valence-electron chi connectivity index (χ1n) is 13.8. The van der Waals surface area contributed by atoms with Crippen molar-refractivity contribution in [2.45, 2.75) is 67.4 Å². The summed E-state index contributed by atoms with van der Waals surface area (Å²) in [4.78, 5) is 43.8. The van der Waals surface area contributed by atoms with E-state index in [-0.39, 0.29) is 34.4 Å². The third-order valence-corrected chi connectivity index (χ3v) is 11.7. The number of anilines is 2. The fraction of sp³-hybridized carbons (Fsp3) is 0.500. The van der Waals surface area contributed by atoms with Crippen LogP contribution in [0.3, 0.4) is 0 Å². The van der Waals surface area contributed by atoms with E-state index in [0.717, 1.165) is 16.8 Å². The van der Waals surface area contributed by atoms with Gasteiger partial charge in [0.1, 0.15) is 11.8 Å². The number of aliphatic hydroxyl groups excluding tert-OH is 1. The summed E-state index contributed by atoms with van der Waals surface area (Å²) < 4.78 is 4.71. The average molecular weight is 631 g/mol. The lowest BCUT2D eigenvalue weighted by atomic mass is 9.70. The molecule has 3 fully saturated rings. The van der Waals surface area contributed by atoms with Crippen LogP contribution in [0.2, 0.25) is 0 Å². The maximum absolute atomic E-state index is 14.2. The number of carbonyl (C=O) groups excluding carboxylic acids is 3. The summed E-state index contributed by atoms with van der Waals surface area (Å²) in [5, 5.41) is 16.2. The summed E-state index contributed by atoms with van der Waals surface area (Å²) in [6, 6.07) is 11.6. The quantitative estimate of drug-likeness (QED) is 0.352. The van der Waals surface area contributed by atoms with E-state index in [0.29, 0.717) is 30.9 Å². The Kier molecular flexibility index (Phi) is 8.23. The molecular weight excluding hydrogens is 594 g/mol. The molecule has 3 saturated heterocycles. The molecule has 5 rings (SSSR count). The molecule has 0 saturated carbocycles. The molecule has 1 spiro atoms. The maximum Gasteiger partial charge on any atom is 0.248 e. The molecular formula is C30H36BrN3O5S. The first-order chi connectivity index (χ1) is 19.2. The molecule has 3 aliphatic heterocycles. The van der Waals surface area contributed by atoms with Crippen LogP contribution in [0.5, 0.6) is 5.75 Å². The normalized spacial score (nSPS) is 29.3. The number of fused-ring (bicyclic) bond motifs is 1. The summed E-state index contributed by atoms with van der Waals surface area (Å²) in [7, 11) is 0. The van der Waals surface area contributed by atoms with Crippen molar-refractivity contribution in [2.75, 3.05) is 23.8 Å². The third kappa shape index (κ3) is 4.71. The number of hydrogen-bond donors (Lipinski definition) is 3. The number of aliphatic hydroxyl groups is 1. The van der Waals surface area contributed by atoms with Gasteiger partial charge in [-0.25, -0.2) is 0 Å². The lowest BCUT2D eigenvalue weighted by Crippen LogP contribution is -2.55. The van der Waals surface area contributed by atoms with Gasteiger partial charge in [0.2, 0.25) is 17.7 Å². The molecule has 3 N–H and O–H groups in total. The Balaban J connectivity index is 1.50. The molecule has 10 heteroatoms. The Hall–Kier alpha value is -2.56. The number of hydrogen-bond acceptors (Lipinski definition) is 6. The average Bonchev–Trinajstić information content (AvgIpc) is 3.52. The van der Waals surface area contributed by atoms with E-state index in [9.17, 15) is 19.5 Å². The van der Waals surface area contributed by atoms with Crippen LogP contribution in [0.25, 0.3) is 0 Å². The van der Waals surface area contributed by atoms with Crippen molar-refractivity contribution in [1.29, 1.82) is 0 Å². The minimum absolute atomic E-state index is 0.0396. The molecule has 3 amide bonds. The van der Waals surface area contributed by atoms with E-state index < -0.39 is 28.7 Å². The van der Waals surface area contributed by atoms with Crippen molar-refractivity contribution >= 4 is 56.8 Å². The number of carbonyl (C=O) groups is 3. The number of ether oxygens (including phenoxy) is 1. The summed E-state index contributed by atoms with van der Waals surface area (Å²) in [5.41, 5.74) is 3.22. The van der Waals surface area contributed by atoms with Gasteiger partial charge in [-0.15, -0.1) is 11.8 Å². The van der Waals surface area contributed by atoms with Crippen molar-refractivity contribution in [3.05, 3.63) is 53.6 Å². The van der Waals surface area contributed by atoms with E-state index in [1.165, 1.54) is 0 Å². The topological polar surface area (TPSA) is 108 Å². The van der Waals surface area contributed by atoms with Crippen LogP contribution in [-0.4, -0.2) is 67.8 Å². The summed E-state index contributed by atoms with van der Waals surface area (Å²) in [6.07, 6.45) is 1.07. The zero-order valence-corrected chi connectivity index (χ0v) is 25.6. The monoisotopic (exact) mass is 629 g/mol. The number of nitrogens with zero attached hydrogens (tertiary/aromatic N) is 1. The Morgan fingerprint density at radius 3 is 2.40 bits per heavy atom. The second-order valence-corrected chi connectivity index (χ2v) is 13.6. The van der Waals surface area contributed by atoms with Crippen molar-refractivity contribution in [3.8, 4) is 5.75 Å². The molecule has 3 aliphatic rings. The number of halogens is 1. The molecule has 2 aromatic rings. The van der Waals surface area contributed by atoms with E-state index in [4.69, 9.17) is 4.74 Å². The van der Waals surface area contributed by atoms with Crippen molar-refractivity contribution in [2.24, 2.45) is 11.8 Å². The van der Waals surface area contributed by atoms with Crippen LogP contribution in [0.15, 0.2) is 42.5 Å². The molecule has 0 aromatic heterocycles. The largest absolute Gasteiger partial charge is 0.494 e. The predicted molar refractivity (Wildman–Crippen MR) is 161 cm³/mol. The first-order valence-corrected chi connectivity index (χ1v) is 15.6. The Labute approximate surface area is 247 Å². The zero-order chi connectivity index (χ0) is 28.8. The van der Waals surface area contributed by atoms with Crippen LogP contribution in [0, 0.1) is 25.7 Å². The van der Waals surface area contributed by atoms with Gasteiger partial charge in [0, 0.05) is 21.5 Å². The van der Waals surface area contributed by atoms with Gasteiger partial charge in [-0.2, -0.15) is 0 Å². The van der Waals surface area contributed by atoms with Gasteiger partial charge in [-0.1, -0.05) is 41.1 Å². The number of alkyl halides is 1. The first kappa shape index (κ1) is 29.0. The van der Waals surface area contributed by atoms with Crippen LogP contribution >= 0.6 is 27.7 Å². The number of amides is 3. The SMILES string of the molecule is CCOc1ccc(NC(=O)[C@H]2[C@@H]3SC4(CC3Br)C(C(=O)Nc3c(C)cccc3C)N([C@@H](CC)CO)C(=O)[C@H]24)cc1. The Morgan fingerprint density at radius 1 is 1.12 bits per heavy atom. The minimum Gasteiger partial charge on any atom is -0.494 e. The molecule has 2 aromatic carbocycles. The number of rotatable bonds is 9. The van der Waals surface area contributed by atoms with Gasteiger partial charge >= 0.3 is 0 Å². The number of benzene rings is 2. The van der Waals surface area contributed by atoms with Gasteiger partial charge in [-0.05, 0) is 69.0 Å². The summed E-state index contributed by atoms with van der Waals surface area (Å²) in [6.45, 7) is 7.98. The van der Waals surface area contributed by atoms with E-state index in [2.05, 4.69) is 26.6 Å². The molecule has 0 radical (unpaired) electrons. The van der Waals surface area contributed by atoms with E-state index >= 15 is 0 Å². The van der Waals surface area contributed by atoms with Crippen LogP contribution in [0.4, 0.5) is 11.4 Å². The van der Waals surface area contributed by atoms with Gasteiger partial charge in [0.05, 0.1) is 35.8 Å². The van der Waals surface area contributed by atoms with Crippen molar-refractivity contribution < 1.29 is 24.2 Å². The smallest absolute Gasteiger partial charge is 0.248 e. The van der Waals surface area contributed by atoms with E-state index in [1.807, 2.05) is 45.9 Å². The summed E-state index contributed by atoms with van der Waals surface area (Å²) in [5.74, 6) is -1.33. The number of nitrogens with one attached hydrogen (secondary N) is 2. The lowest BCUT2D eigenvalue weighted by Gasteiger charge is -2.37. The molecule has 3 unspecified atom stereocenters. The zero-order valence-electron chi connectivity index (χ0n) is 23.1. The van der Waals surface area contributed by atoms with Gasteiger partial charge in [0.15, 0.2) is 0 Å². The molecule has 7 atom stereocenters. The molecule has 3 heterocycles. The highest BCUT2D eigenvalue weighted by Crippen LogP contribution is 2.68. The van der Waals surface area contributed by atoms with Crippen molar-refractivity contribution in [3.63, 3.8) is 0 Å². The third-order valence-electron chi connectivity index (χ3n) is 8.52. The summed E-state index contributed by atoms with van der Waals surface area (Å²) >= 11 is 5.38. The Bertz CT molecular complexity index is 1280. The van der Waals surface area contributed by atoms with Crippen LogP contribution in [0.1, 0.15) is 37.8 Å². The lowest BCUT2D eigenvalue weighted by molar-refractivity contribution is -0.141. The highest BCUT2D eigenvalue weighted by molar-refractivity contribution is 9.09. The second-order valence-electron chi connectivity index (χ2n) is 10.9. The van der Waals surface area contributed by atoms with E-state index in [1.54, 1.807) is 40.9 Å². The molecule has 2 bridgehead atoms. The number of aryl methyl sites for hydroxylation is 2. The number of para-hydroxylation sites is 1. The highest BCUT2D eigenvalue weighted by atomic mass is 79.9. The van der Waals surface area contributed by atoms with Crippen molar-refractivity contribution in [1.82, 2.24) is 4.90 Å². The second kappa shape index (κ2) is 11.4. The fourth-order valence-electron chi connectivity index (χ4n) is 6.70. The van der Waals surface area contributed by atoms with Gasteiger partial charge in [0.25, 0.3) is 0 Å². The van der Waals surface area contributed by atoms with Crippen LogP contribution < -0.4 is 15.4 Å². The number of likely N-dealkylation sites (tertiary alicyclic amines) is 1. The van der Waals surface area contributed by atoms with Gasteiger partial charge < -0.3 is 25.4 Å². The van der Waals surface area contributed by atoms with Crippen LogP contribution in [-0.2, 0) is 14.4 Å². The predicted octanol–water partition coefficient (Wildman–Crippen LogP) is 4.51. The maximum atomic E-state index is 14.2. The highest BCUT2D eigenvalue weighted by Gasteiger charge is 2.76. The molecule has 0 aliphatic carbocycles. The van der Waals surface area contributed by atoms with Gasteiger partial charge in [-0.3, -0.25) is 14.4 Å². The minimum atomic E-state index is -0.820. The molecule has 40 heavy (non-hydrogen) atoms. The standard InChI is InChI=1S/C30H36BrN3O5S/c1-5-19(15-35)34-26(28(37)33-24-16(3)8-7-9-17(24)4)30-14-21(31)25(40-30)22(23(30)29(34)38)27(36)32-18-10-12-20(13-11-18)39-6-2/h7-13,19,21-23,25-26,35H,5-6,14-15H2,1-4H3,(H,32,36)(H,33,37)/t19-,21?,22+,23-,25+,26?,30?/m0/s1.